The standard InChI is InChI=1S/C12H24N2O2/c1-4-6-14(7-8-16-3)12(15)9-11(5-2)10-13/h4,11H,1,5-10,13H2,2-3H3. The molecule has 4 nitrogen and oxygen atoms in total. The zero-order valence-electron chi connectivity index (χ0n) is 10.4. The van der Waals surface area contributed by atoms with E-state index in [1.165, 1.54) is 0 Å². The lowest BCUT2D eigenvalue weighted by atomic mass is 10.0. The van der Waals surface area contributed by atoms with Crippen LogP contribution in [0.2, 0.25) is 0 Å². The molecule has 0 heterocycles. The number of hydrogen-bond acceptors (Lipinski definition) is 3. The number of hydrogen-bond donors (Lipinski definition) is 1. The third kappa shape index (κ3) is 5.88. The summed E-state index contributed by atoms with van der Waals surface area (Å²) in [7, 11) is 1.63. The molecule has 0 saturated carbocycles. The molecule has 1 amide bonds. The highest BCUT2D eigenvalue weighted by molar-refractivity contribution is 5.76. The van der Waals surface area contributed by atoms with E-state index in [0.717, 1.165) is 6.42 Å². The van der Waals surface area contributed by atoms with Crippen molar-refractivity contribution in [1.82, 2.24) is 4.90 Å². The molecule has 0 aromatic heterocycles. The molecular formula is C12H24N2O2. The van der Waals surface area contributed by atoms with Crippen LogP contribution in [0.5, 0.6) is 0 Å². The van der Waals surface area contributed by atoms with Gasteiger partial charge in [0.1, 0.15) is 0 Å². The highest BCUT2D eigenvalue weighted by atomic mass is 16.5. The number of rotatable bonds is 9. The lowest BCUT2D eigenvalue weighted by Crippen LogP contribution is -2.36. The van der Waals surface area contributed by atoms with E-state index in [2.05, 4.69) is 13.5 Å². The first-order valence-electron chi connectivity index (χ1n) is 5.77. The molecule has 1 unspecified atom stereocenters. The van der Waals surface area contributed by atoms with Gasteiger partial charge in [-0.2, -0.15) is 0 Å². The second kappa shape index (κ2) is 9.36. The van der Waals surface area contributed by atoms with Gasteiger partial charge in [-0.3, -0.25) is 4.79 Å². The van der Waals surface area contributed by atoms with Gasteiger partial charge in [-0.25, -0.2) is 0 Å². The zero-order chi connectivity index (χ0) is 12.4. The topological polar surface area (TPSA) is 55.6 Å². The van der Waals surface area contributed by atoms with Crippen LogP contribution in [0, 0.1) is 5.92 Å². The van der Waals surface area contributed by atoms with Crippen LogP contribution >= 0.6 is 0 Å². The van der Waals surface area contributed by atoms with Crippen molar-refractivity contribution in [3.63, 3.8) is 0 Å². The molecule has 0 bridgehead atoms. The van der Waals surface area contributed by atoms with E-state index >= 15 is 0 Å². The van der Waals surface area contributed by atoms with Gasteiger partial charge in [0.2, 0.25) is 5.91 Å². The summed E-state index contributed by atoms with van der Waals surface area (Å²) in [5.41, 5.74) is 5.59. The predicted molar refractivity (Wildman–Crippen MR) is 66.1 cm³/mol. The van der Waals surface area contributed by atoms with Gasteiger partial charge in [-0.1, -0.05) is 19.4 Å². The van der Waals surface area contributed by atoms with E-state index in [0.29, 0.717) is 32.7 Å². The minimum absolute atomic E-state index is 0.134. The van der Waals surface area contributed by atoms with Crippen molar-refractivity contribution in [3.05, 3.63) is 12.7 Å². The van der Waals surface area contributed by atoms with Crippen molar-refractivity contribution < 1.29 is 9.53 Å². The molecule has 0 aliphatic heterocycles. The molecule has 94 valence electrons. The van der Waals surface area contributed by atoms with Crippen molar-refractivity contribution in [2.75, 3.05) is 33.4 Å². The Balaban J connectivity index is 4.18. The van der Waals surface area contributed by atoms with Gasteiger partial charge in [-0.05, 0) is 12.5 Å². The molecule has 0 spiro atoms. The maximum absolute atomic E-state index is 11.9. The van der Waals surface area contributed by atoms with Gasteiger partial charge < -0.3 is 15.4 Å². The molecule has 4 heteroatoms. The van der Waals surface area contributed by atoms with Crippen LogP contribution in [-0.4, -0.2) is 44.2 Å². The number of nitrogens with zero attached hydrogens (tertiary/aromatic N) is 1. The molecule has 0 fully saturated rings. The number of carbonyl (C=O) groups is 1. The van der Waals surface area contributed by atoms with Crippen LogP contribution in [0.4, 0.5) is 0 Å². The molecular weight excluding hydrogens is 204 g/mol. The summed E-state index contributed by atoms with van der Waals surface area (Å²) < 4.78 is 4.97. The summed E-state index contributed by atoms with van der Waals surface area (Å²) >= 11 is 0. The van der Waals surface area contributed by atoms with Gasteiger partial charge in [0.15, 0.2) is 0 Å². The molecule has 0 aliphatic carbocycles. The second-order valence-corrected chi connectivity index (χ2v) is 3.84. The van der Waals surface area contributed by atoms with Crippen molar-refractivity contribution >= 4 is 5.91 Å². The third-order valence-electron chi connectivity index (χ3n) is 2.64. The van der Waals surface area contributed by atoms with E-state index in [-0.39, 0.29) is 11.8 Å². The summed E-state index contributed by atoms with van der Waals surface area (Å²) in [5.74, 6) is 0.414. The molecule has 0 rings (SSSR count). The van der Waals surface area contributed by atoms with Crippen LogP contribution in [0.15, 0.2) is 12.7 Å². The third-order valence-corrected chi connectivity index (χ3v) is 2.64. The average molecular weight is 228 g/mol. The SMILES string of the molecule is C=CCN(CCOC)C(=O)CC(CC)CN. The molecule has 0 aliphatic rings. The van der Waals surface area contributed by atoms with Gasteiger partial charge in [-0.15, -0.1) is 6.58 Å². The molecule has 0 saturated heterocycles. The number of methoxy groups -OCH3 is 1. The molecule has 0 radical (unpaired) electrons. The van der Waals surface area contributed by atoms with Gasteiger partial charge in [0.25, 0.3) is 0 Å². The minimum atomic E-state index is 0.134. The summed E-state index contributed by atoms with van der Waals surface area (Å²) in [6, 6.07) is 0. The highest BCUT2D eigenvalue weighted by Gasteiger charge is 2.16. The van der Waals surface area contributed by atoms with Crippen molar-refractivity contribution in [3.8, 4) is 0 Å². The minimum Gasteiger partial charge on any atom is -0.383 e. The molecule has 1 atom stereocenters. The van der Waals surface area contributed by atoms with Gasteiger partial charge in [0, 0.05) is 26.6 Å². The van der Waals surface area contributed by atoms with E-state index < -0.39 is 0 Å². The van der Waals surface area contributed by atoms with Crippen LogP contribution in [0.3, 0.4) is 0 Å². The summed E-state index contributed by atoms with van der Waals surface area (Å²) in [4.78, 5) is 13.7. The zero-order valence-corrected chi connectivity index (χ0v) is 10.4. The van der Waals surface area contributed by atoms with Gasteiger partial charge in [0.05, 0.1) is 6.61 Å². The smallest absolute Gasteiger partial charge is 0.223 e. The first-order valence-corrected chi connectivity index (χ1v) is 5.77. The van der Waals surface area contributed by atoms with Crippen molar-refractivity contribution in [2.24, 2.45) is 11.7 Å². The Morgan fingerprint density at radius 3 is 2.75 bits per heavy atom. The average Bonchev–Trinajstić information content (AvgIpc) is 2.31. The van der Waals surface area contributed by atoms with Crippen molar-refractivity contribution in [2.45, 2.75) is 19.8 Å². The van der Waals surface area contributed by atoms with Crippen molar-refractivity contribution in [1.29, 1.82) is 0 Å². The maximum Gasteiger partial charge on any atom is 0.223 e. The summed E-state index contributed by atoms with van der Waals surface area (Å²) in [6.45, 7) is 8.01. The molecule has 0 aromatic carbocycles. The lowest BCUT2D eigenvalue weighted by Gasteiger charge is -2.23. The lowest BCUT2D eigenvalue weighted by molar-refractivity contribution is -0.132. The van der Waals surface area contributed by atoms with Crippen LogP contribution < -0.4 is 5.73 Å². The first-order chi connectivity index (χ1) is 7.69. The van der Waals surface area contributed by atoms with Gasteiger partial charge >= 0.3 is 0 Å². The fourth-order valence-electron chi connectivity index (χ4n) is 1.45. The van der Waals surface area contributed by atoms with Crippen LogP contribution in [-0.2, 0) is 9.53 Å². The normalized spacial score (nSPS) is 12.2. The molecule has 2 N–H and O–H groups in total. The fraction of sp³-hybridized carbons (Fsp3) is 0.750. The quantitative estimate of drug-likeness (QED) is 0.599. The van der Waals surface area contributed by atoms with E-state index in [9.17, 15) is 4.79 Å². The Labute approximate surface area is 98.4 Å². The number of ether oxygens (including phenoxy) is 1. The Morgan fingerprint density at radius 2 is 2.31 bits per heavy atom. The summed E-state index contributed by atoms with van der Waals surface area (Å²) in [6.07, 6.45) is 3.19. The fourth-order valence-corrected chi connectivity index (χ4v) is 1.45. The Bertz CT molecular complexity index is 203. The van der Waals surface area contributed by atoms with E-state index in [4.69, 9.17) is 10.5 Å². The van der Waals surface area contributed by atoms with Crippen LogP contribution in [0.1, 0.15) is 19.8 Å². The van der Waals surface area contributed by atoms with E-state index in [1.807, 2.05) is 0 Å². The number of nitrogens with two attached hydrogens (primary N) is 1. The second-order valence-electron chi connectivity index (χ2n) is 3.84. The monoisotopic (exact) mass is 228 g/mol. The Hall–Kier alpha value is -0.870. The Kier molecular flexibility index (Phi) is 8.85. The number of amides is 1. The first kappa shape index (κ1) is 15.1. The maximum atomic E-state index is 11.9. The largest absolute Gasteiger partial charge is 0.383 e. The van der Waals surface area contributed by atoms with E-state index in [1.54, 1.807) is 18.1 Å². The highest BCUT2D eigenvalue weighted by Crippen LogP contribution is 2.08. The summed E-state index contributed by atoms with van der Waals surface area (Å²) in [5, 5.41) is 0. The predicted octanol–water partition coefficient (Wildman–Crippen LogP) is 1.02. The molecule has 16 heavy (non-hydrogen) atoms. The van der Waals surface area contributed by atoms with Crippen LogP contribution in [0.25, 0.3) is 0 Å². The Morgan fingerprint density at radius 1 is 1.62 bits per heavy atom. The number of carbonyl (C=O) groups excluding carboxylic acids is 1. The molecule has 0 aromatic rings.